The molecule has 3 N–H and O–H groups in total. The summed E-state index contributed by atoms with van der Waals surface area (Å²) >= 11 is 0. The first-order chi connectivity index (χ1) is 17.2. The maximum atomic E-state index is 6.58. The molecule has 1 fully saturated rings. The van der Waals surface area contributed by atoms with E-state index in [4.69, 9.17) is 24.9 Å². The van der Waals surface area contributed by atoms with Gasteiger partial charge in [0.05, 0.1) is 25.1 Å². The normalized spacial score (nSPS) is 19.3. The Kier molecular flexibility index (Phi) is 5.74. The van der Waals surface area contributed by atoms with E-state index in [0.29, 0.717) is 6.61 Å². The van der Waals surface area contributed by atoms with Crippen molar-refractivity contribution in [2.75, 3.05) is 32.5 Å². The highest BCUT2D eigenvalue weighted by Gasteiger charge is 2.31. The molecule has 1 atom stereocenters. The minimum atomic E-state index is 0.187. The number of hydrogen-bond donors (Lipinski definition) is 2. The van der Waals surface area contributed by atoms with Gasteiger partial charge in [0.1, 0.15) is 23.4 Å². The van der Waals surface area contributed by atoms with E-state index in [1.165, 1.54) is 0 Å². The summed E-state index contributed by atoms with van der Waals surface area (Å²) in [4.78, 5) is 13.6. The molecule has 2 aromatic carbocycles. The van der Waals surface area contributed by atoms with Gasteiger partial charge in [-0.1, -0.05) is 0 Å². The second-order valence-electron chi connectivity index (χ2n) is 9.30. The van der Waals surface area contributed by atoms with E-state index in [1.54, 1.807) is 13.3 Å². The zero-order chi connectivity index (χ0) is 23.8. The lowest BCUT2D eigenvalue weighted by Crippen LogP contribution is -2.34. The molecule has 0 radical (unpaired) electrons. The number of rotatable bonds is 5. The first-order valence-electron chi connectivity index (χ1n) is 12.2. The molecule has 0 amide bonds. The molecular formula is C27H29N5O3. The summed E-state index contributed by atoms with van der Waals surface area (Å²) in [5.41, 5.74) is 11.9. The number of ether oxygens (including phenoxy) is 3. The van der Waals surface area contributed by atoms with Gasteiger partial charge in [0, 0.05) is 35.4 Å². The first kappa shape index (κ1) is 21.9. The van der Waals surface area contributed by atoms with Crippen LogP contribution in [0.4, 0.5) is 11.6 Å². The minimum Gasteiger partial charge on any atom is -0.497 e. The Bertz CT molecular complexity index is 1290. The SMILES string of the molecule is COc1ccc2c(c1)CC(C1=Nc3cc(-c4ccnc(N)n4)cc(OC4CCNCC4)c3C1)CO2. The predicted octanol–water partition coefficient (Wildman–Crippen LogP) is 3.75. The predicted molar refractivity (Wildman–Crippen MR) is 135 cm³/mol. The molecule has 1 saturated heterocycles. The quantitative estimate of drug-likeness (QED) is 0.584. The van der Waals surface area contributed by atoms with Crippen LogP contribution in [0.25, 0.3) is 11.3 Å². The van der Waals surface area contributed by atoms with Crippen molar-refractivity contribution in [3.63, 3.8) is 0 Å². The fourth-order valence-electron chi connectivity index (χ4n) is 5.11. The van der Waals surface area contributed by atoms with Gasteiger partial charge in [0.25, 0.3) is 0 Å². The van der Waals surface area contributed by atoms with Crippen molar-refractivity contribution in [2.24, 2.45) is 10.9 Å². The molecule has 0 aliphatic carbocycles. The molecule has 1 aromatic heterocycles. The van der Waals surface area contributed by atoms with Crippen LogP contribution in [0, 0.1) is 5.92 Å². The van der Waals surface area contributed by atoms with Crippen LogP contribution >= 0.6 is 0 Å². The van der Waals surface area contributed by atoms with Crippen LogP contribution in [0.2, 0.25) is 0 Å². The number of nitrogen functional groups attached to an aromatic ring is 1. The Morgan fingerprint density at radius 1 is 1.11 bits per heavy atom. The molecule has 0 saturated carbocycles. The number of hydrogen-bond acceptors (Lipinski definition) is 8. The molecule has 6 rings (SSSR count). The third-order valence-electron chi connectivity index (χ3n) is 7.00. The third kappa shape index (κ3) is 4.41. The monoisotopic (exact) mass is 471 g/mol. The summed E-state index contributed by atoms with van der Waals surface area (Å²) in [5, 5.41) is 3.41. The van der Waals surface area contributed by atoms with E-state index in [0.717, 1.165) is 89.8 Å². The highest BCUT2D eigenvalue weighted by molar-refractivity contribution is 5.98. The van der Waals surface area contributed by atoms with E-state index in [-0.39, 0.29) is 18.0 Å². The zero-order valence-corrected chi connectivity index (χ0v) is 19.8. The fourth-order valence-corrected chi connectivity index (χ4v) is 5.11. The smallest absolute Gasteiger partial charge is 0.220 e. The molecule has 3 aliphatic rings. The molecule has 35 heavy (non-hydrogen) atoms. The van der Waals surface area contributed by atoms with Crippen molar-refractivity contribution in [1.29, 1.82) is 0 Å². The lowest BCUT2D eigenvalue weighted by atomic mass is 9.90. The molecule has 8 nitrogen and oxygen atoms in total. The number of fused-ring (bicyclic) bond motifs is 2. The number of nitrogens with zero attached hydrogens (tertiary/aromatic N) is 3. The summed E-state index contributed by atoms with van der Waals surface area (Å²) in [7, 11) is 1.69. The molecule has 4 heterocycles. The number of anilines is 1. The fraction of sp³-hybridized carbons (Fsp3) is 0.370. The Morgan fingerprint density at radius 2 is 2.00 bits per heavy atom. The summed E-state index contributed by atoms with van der Waals surface area (Å²) in [6.07, 6.45) is 5.48. The molecule has 3 aliphatic heterocycles. The van der Waals surface area contributed by atoms with Crippen molar-refractivity contribution < 1.29 is 14.2 Å². The Labute approximate surface area is 204 Å². The standard InChI is InChI=1S/C27H29N5O3/c1-33-20-2-3-25-17(11-20)10-18(15-34-25)23-14-21-24(31-23)12-16(22-6-9-30-27(28)32-22)13-26(21)35-19-4-7-29-8-5-19/h2-3,6,9,11-13,18-19,29H,4-5,7-8,10,14-15H2,1H3,(H2,28,30,32). The summed E-state index contributed by atoms with van der Waals surface area (Å²) in [6.45, 7) is 2.56. The van der Waals surface area contributed by atoms with E-state index < -0.39 is 0 Å². The van der Waals surface area contributed by atoms with Gasteiger partial charge < -0.3 is 25.3 Å². The highest BCUT2D eigenvalue weighted by Crippen LogP contribution is 2.42. The van der Waals surface area contributed by atoms with E-state index in [2.05, 4.69) is 33.5 Å². The Hall–Kier alpha value is -3.65. The van der Waals surface area contributed by atoms with Crippen LogP contribution in [0.15, 0.2) is 47.6 Å². The van der Waals surface area contributed by atoms with Crippen molar-refractivity contribution in [2.45, 2.75) is 31.8 Å². The van der Waals surface area contributed by atoms with Crippen LogP contribution in [-0.4, -0.2) is 48.6 Å². The van der Waals surface area contributed by atoms with Gasteiger partial charge in [-0.2, -0.15) is 0 Å². The van der Waals surface area contributed by atoms with Gasteiger partial charge in [-0.3, -0.25) is 4.99 Å². The van der Waals surface area contributed by atoms with Crippen molar-refractivity contribution in [1.82, 2.24) is 15.3 Å². The lowest BCUT2D eigenvalue weighted by molar-refractivity contribution is 0.161. The van der Waals surface area contributed by atoms with Crippen molar-refractivity contribution >= 4 is 17.3 Å². The third-order valence-corrected chi connectivity index (χ3v) is 7.00. The number of aliphatic imine (C=N–C) groups is 1. The first-order valence-corrected chi connectivity index (χ1v) is 12.2. The van der Waals surface area contributed by atoms with E-state index in [1.807, 2.05) is 18.2 Å². The van der Waals surface area contributed by atoms with Gasteiger partial charge in [-0.25, -0.2) is 9.97 Å². The van der Waals surface area contributed by atoms with Crippen molar-refractivity contribution in [3.05, 3.63) is 53.7 Å². The average molecular weight is 472 g/mol. The topological polar surface area (TPSA) is 104 Å². The van der Waals surface area contributed by atoms with Crippen LogP contribution in [0.5, 0.6) is 17.2 Å². The summed E-state index contributed by atoms with van der Waals surface area (Å²) in [6, 6.07) is 12.0. The number of methoxy groups -OCH3 is 1. The molecule has 8 heteroatoms. The number of piperidine rings is 1. The van der Waals surface area contributed by atoms with Crippen LogP contribution < -0.4 is 25.3 Å². The number of nitrogens with two attached hydrogens (primary N) is 1. The van der Waals surface area contributed by atoms with Gasteiger partial charge in [-0.15, -0.1) is 0 Å². The van der Waals surface area contributed by atoms with Gasteiger partial charge in [0.15, 0.2) is 0 Å². The summed E-state index contributed by atoms with van der Waals surface area (Å²) in [5.74, 6) is 3.11. The second kappa shape index (κ2) is 9.19. The van der Waals surface area contributed by atoms with Crippen LogP contribution in [-0.2, 0) is 12.8 Å². The van der Waals surface area contributed by atoms with Crippen LogP contribution in [0.3, 0.4) is 0 Å². The Balaban J connectivity index is 1.32. The number of aromatic nitrogens is 2. The Morgan fingerprint density at radius 3 is 2.83 bits per heavy atom. The number of nitrogens with one attached hydrogen (secondary N) is 1. The largest absolute Gasteiger partial charge is 0.497 e. The van der Waals surface area contributed by atoms with Gasteiger partial charge >= 0.3 is 0 Å². The molecule has 180 valence electrons. The molecule has 3 aromatic rings. The lowest BCUT2D eigenvalue weighted by Gasteiger charge is -2.26. The van der Waals surface area contributed by atoms with Crippen molar-refractivity contribution in [3.8, 4) is 28.5 Å². The van der Waals surface area contributed by atoms with E-state index in [9.17, 15) is 0 Å². The molecule has 0 bridgehead atoms. The maximum Gasteiger partial charge on any atom is 0.220 e. The highest BCUT2D eigenvalue weighted by atomic mass is 16.5. The van der Waals surface area contributed by atoms with Crippen LogP contribution in [0.1, 0.15) is 24.0 Å². The second-order valence-corrected chi connectivity index (χ2v) is 9.30. The van der Waals surface area contributed by atoms with Gasteiger partial charge in [-0.05, 0) is 74.3 Å². The van der Waals surface area contributed by atoms with E-state index >= 15 is 0 Å². The molecule has 0 spiro atoms. The zero-order valence-electron chi connectivity index (χ0n) is 19.8. The number of benzene rings is 2. The maximum absolute atomic E-state index is 6.58. The summed E-state index contributed by atoms with van der Waals surface area (Å²) < 4.78 is 18.1. The molecule has 1 unspecified atom stereocenters. The average Bonchev–Trinajstić information content (AvgIpc) is 3.33. The minimum absolute atomic E-state index is 0.187. The molecular weight excluding hydrogens is 442 g/mol. The van der Waals surface area contributed by atoms with Gasteiger partial charge in [0.2, 0.25) is 5.95 Å².